The molecule has 7 heteroatoms. The zero-order chi connectivity index (χ0) is 15.5. The van der Waals surface area contributed by atoms with Gasteiger partial charge in [-0.05, 0) is 43.7 Å². The van der Waals surface area contributed by atoms with Crippen molar-refractivity contribution in [3.63, 3.8) is 0 Å². The van der Waals surface area contributed by atoms with Crippen molar-refractivity contribution >= 4 is 10.0 Å². The first kappa shape index (κ1) is 15.9. The molecule has 1 fully saturated rings. The molecule has 0 bridgehead atoms. The molecule has 2 N–H and O–H groups in total. The zero-order valence-electron chi connectivity index (χ0n) is 11.9. The van der Waals surface area contributed by atoms with Gasteiger partial charge in [-0.2, -0.15) is 5.26 Å². The number of rotatable bonds is 4. The second kappa shape index (κ2) is 6.10. The summed E-state index contributed by atoms with van der Waals surface area (Å²) in [7, 11) is -3.75. The average molecular weight is 309 g/mol. The highest BCUT2D eigenvalue weighted by molar-refractivity contribution is 7.89. The van der Waals surface area contributed by atoms with Crippen LogP contribution in [0, 0.1) is 17.2 Å². The summed E-state index contributed by atoms with van der Waals surface area (Å²) in [6.07, 6.45) is 4.17. The van der Waals surface area contributed by atoms with E-state index >= 15 is 0 Å². The predicted octanol–water partition coefficient (Wildman–Crippen LogP) is 1.17. The maximum atomic E-state index is 12.4. The van der Waals surface area contributed by atoms with Crippen LogP contribution in [0.25, 0.3) is 0 Å². The predicted molar refractivity (Wildman–Crippen MR) is 76.7 cm³/mol. The Bertz CT molecular complexity index is 626. The monoisotopic (exact) mass is 309 g/mol. The molecule has 2 rings (SSSR count). The molecule has 0 atom stereocenters. The Morgan fingerprint density at radius 3 is 2.62 bits per heavy atom. The standard InChI is InChI=1S/C14H19N3O3S/c1-11-4-6-14(10-18,7-5-11)17-21(19,20)13-3-2-12(8-15)16-9-13/h2-3,9,11,17-18H,4-7,10H2,1H3. The van der Waals surface area contributed by atoms with Crippen molar-refractivity contribution in [3.05, 3.63) is 24.0 Å². The second-order valence-electron chi connectivity index (χ2n) is 5.72. The third-order valence-electron chi connectivity index (χ3n) is 4.05. The first-order valence-corrected chi connectivity index (χ1v) is 8.40. The fourth-order valence-electron chi connectivity index (χ4n) is 2.56. The van der Waals surface area contributed by atoms with Crippen molar-refractivity contribution in [3.8, 4) is 6.07 Å². The minimum absolute atomic E-state index is 0.00736. The fourth-order valence-corrected chi connectivity index (χ4v) is 3.95. The lowest BCUT2D eigenvalue weighted by Crippen LogP contribution is -2.53. The van der Waals surface area contributed by atoms with Gasteiger partial charge in [-0.1, -0.05) is 6.92 Å². The molecule has 1 aromatic rings. The van der Waals surface area contributed by atoms with Crippen LogP contribution in [0.15, 0.2) is 23.2 Å². The van der Waals surface area contributed by atoms with Gasteiger partial charge in [0.25, 0.3) is 0 Å². The van der Waals surface area contributed by atoms with Crippen molar-refractivity contribution in [2.45, 2.75) is 43.0 Å². The van der Waals surface area contributed by atoms with Crippen molar-refractivity contribution in [1.82, 2.24) is 9.71 Å². The molecular formula is C14H19N3O3S. The van der Waals surface area contributed by atoms with E-state index in [0.717, 1.165) is 19.0 Å². The van der Waals surface area contributed by atoms with Gasteiger partial charge in [0.05, 0.1) is 12.1 Å². The third kappa shape index (κ3) is 3.59. The molecule has 0 aliphatic heterocycles. The lowest BCUT2D eigenvalue weighted by atomic mass is 9.78. The molecule has 1 aliphatic carbocycles. The lowest BCUT2D eigenvalue weighted by molar-refractivity contribution is 0.125. The molecule has 0 amide bonds. The summed E-state index contributed by atoms with van der Waals surface area (Å²) in [5.74, 6) is 0.547. The molecule has 1 heterocycles. The van der Waals surface area contributed by atoms with Gasteiger partial charge >= 0.3 is 0 Å². The zero-order valence-corrected chi connectivity index (χ0v) is 12.7. The number of aliphatic hydroxyl groups excluding tert-OH is 1. The maximum absolute atomic E-state index is 12.4. The lowest BCUT2D eigenvalue weighted by Gasteiger charge is -2.38. The molecule has 0 saturated heterocycles. The van der Waals surface area contributed by atoms with Crippen molar-refractivity contribution in [1.29, 1.82) is 5.26 Å². The van der Waals surface area contributed by atoms with Crippen LogP contribution in [-0.2, 0) is 10.0 Å². The quantitative estimate of drug-likeness (QED) is 0.869. The van der Waals surface area contributed by atoms with Crippen molar-refractivity contribution in [2.24, 2.45) is 5.92 Å². The van der Waals surface area contributed by atoms with Crippen LogP contribution in [0.4, 0.5) is 0 Å². The Morgan fingerprint density at radius 1 is 1.48 bits per heavy atom. The Kier molecular flexibility index (Phi) is 4.61. The van der Waals surface area contributed by atoms with E-state index in [4.69, 9.17) is 5.26 Å². The molecular weight excluding hydrogens is 290 g/mol. The Balaban J connectivity index is 2.21. The molecule has 0 radical (unpaired) electrons. The van der Waals surface area contributed by atoms with E-state index < -0.39 is 15.6 Å². The highest BCUT2D eigenvalue weighted by atomic mass is 32.2. The average Bonchev–Trinajstić information content (AvgIpc) is 2.50. The van der Waals surface area contributed by atoms with Gasteiger partial charge in [-0.25, -0.2) is 18.1 Å². The topological polar surface area (TPSA) is 103 Å². The Hall–Kier alpha value is -1.49. The minimum Gasteiger partial charge on any atom is -0.394 e. The number of sulfonamides is 1. The van der Waals surface area contributed by atoms with Crippen LogP contribution in [0.3, 0.4) is 0 Å². The Labute approximate surface area is 124 Å². The number of hydrogen-bond donors (Lipinski definition) is 2. The number of pyridine rings is 1. The van der Waals surface area contributed by atoms with E-state index in [2.05, 4.69) is 16.6 Å². The SMILES string of the molecule is CC1CCC(CO)(NS(=O)(=O)c2ccc(C#N)nc2)CC1. The third-order valence-corrected chi connectivity index (χ3v) is 5.61. The van der Waals surface area contributed by atoms with Gasteiger partial charge in [0.2, 0.25) is 10.0 Å². The van der Waals surface area contributed by atoms with Crippen LogP contribution in [0.5, 0.6) is 0 Å². The number of nitrogens with one attached hydrogen (secondary N) is 1. The minimum atomic E-state index is -3.75. The molecule has 0 unspecified atom stereocenters. The second-order valence-corrected chi connectivity index (χ2v) is 7.40. The van der Waals surface area contributed by atoms with E-state index in [1.165, 1.54) is 12.1 Å². The van der Waals surface area contributed by atoms with Gasteiger partial charge in [-0.3, -0.25) is 0 Å². The summed E-state index contributed by atoms with van der Waals surface area (Å²) < 4.78 is 27.4. The first-order chi connectivity index (χ1) is 9.91. The summed E-state index contributed by atoms with van der Waals surface area (Å²) in [4.78, 5) is 3.78. The van der Waals surface area contributed by atoms with Crippen molar-refractivity contribution in [2.75, 3.05) is 6.61 Å². The van der Waals surface area contributed by atoms with E-state index in [0.29, 0.717) is 18.8 Å². The van der Waals surface area contributed by atoms with Gasteiger partial charge in [0.1, 0.15) is 16.7 Å². The molecule has 0 spiro atoms. The van der Waals surface area contributed by atoms with E-state index in [9.17, 15) is 13.5 Å². The normalized spacial score (nSPS) is 26.2. The summed E-state index contributed by atoms with van der Waals surface area (Å²) in [6, 6.07) is 4.56. The molecule has 1 aromatic heterocycles. The molecule has 21 heavy (non-hydrogen) atoms. The highest BCUT2D eigenvalue weighted by Crippen LogP contribution is 2.32. The number of nitriles is 1. The van der Waals surface area contributed by atoms with Crippen LogP contribution < -0.4 is 4.72 Å². The van der Waals surface area contributed by atoms with Crippen LogP contribution in [-0.4, -0.2) is 30.7 Å². The first-order valence-electron chi connectivity index (χ1n) is 6.92. The highest BCUT2D eigenvalue weighted by Gasteiger charge is 2.37. The largest absolute Gasteiger partial charge is 0.394 e. The molecule has 0 aromatic carbocycles. The van der Waals surface area contributed by atoms with Crippen molar-refractivity contribution < 1.29 is 13.5 Å². The summed E-state index contributed by atoms with van der Waals surface area (Å²) >= 11 is 0. The van der Waals surface area contributed by atoms with E-state index in [1.807, 2.05) is 6.07 Å². The smallest absolute Gasteiger partial charge is 0.242 e. The molecule has 114 valence electrons. The van der Waals surface area contributed by atoms with Crippen LogP contribution in [0.2, 0.25) is 0 Å². The summed E-state index contributed by atoms with van der Waals surface area (Å²) in [6.45, 7) is 1.91. The number of aromatic nitrogens is 1. The Morgan fingerprint density at radius 2 is 2.14 bits per heavy atom. The van der Waals surface area contributed by atoms with Crippen LogP contribution in [0.1, 0.15) is 38.3 Å². The molecule has 1 saturated carbocycles. The van der Waals surface area contributed by atoms with Crippen LogP contribution >= 0.6 is 0 Å². The molecule has 1 aliphatic rings. The maximum Gasteiger partial charge on any atom is 0.242 e. The van der Waals surface area contributed by atoms with Gasteiger partial charge < -0.3 is 5.11 Å². The number of hydrogen-bond acceptors (Lipinski definition) is 5. The van der Waals surface area contributed by atoms with Gasteiger partial charge in [0, 0.05) is 6.20 Å². The number of aliphatic hydroxyl groups is 1. The van der Waals surface area contributed by atoms with Gasteiger partial charge in [-0.15, -0.1) is 0 Å². The fraction of sp³-hybridized carbons (Fsp3) is 0.571. The summed E-state index contributed by atoms with van der Waals surface area (Å²) in [5, 5.41) is 18.3. The molecule has 6 nitrogen and oxygen atoms in total. The van der Waals surface area contributed by atoms with Gasteiger partial charge in [0.15, 0.2) is 0 Å². The summed E-state index contributed by atoms with van der Waals surface area (Å²) in [5.41, 5.74) is -0.628. The van der Waals surface area contributed by atoms with E-state index in [-0.39, 0.29) is 17.2 Å². The van der Waals surface area contributed by atoms with E-state index in [1.54, 1.807) is 0 Å². The number of nitrogens with zero attached hydrogens (tertiary/aromatic N) is 2.